The maximum Gasteiger partial charge on any atom is 0.240 e. The smallest absolute Gasteiger partial charge is 0.240 e. The summed E-state index contributed by atoms with van der Waals surface area (Å²) in [5.41, 5.74) is 0.611. The molecule has 0 spiro atoms. The summed E-state index contributed by atoms with van der Waals surface area (Å²) >= 11 is 1.94. The van der Waals surface area contributed by atoms with Crippen molar-refractivity contribution >= 4 is 23.5 Å². The number of ether oxygens (including phenoxy) is 1. The minimum Gasteiger partial charge on any atom is -0.490 e. The van der Waals surface area contributed by atoms with E-state index in [0.717, 1.165) is 17.9 Å². The Morgan fingerprint density at radius 1 is 1.38 bits per heavy atom. The van der Waals surface area contributed by atoms with Gasteiger partial charge in [0.2, 0.25) is 6.08 Å². The lowest BCUT2D eigenvalue weighted by Crippen LogP contribution is -2.23. The van der Waals surface area contributed by atoms with Crippen LogP contribution in [0.15, 0.2) is 29.3 Å². The Kier molecular flexibility index (Phi) is 4.03. The molecule has 0 bridgehead atoms. The minimum atomic E-state index is 0.319. The molecule has 1 aromatic rings. The Labute approximate surface area is 98.9 Å². The van der Waals surface area contributed by atoms with Gasteiger partial charge in [0, 0.05) is 5.75 Å². The lowest BCUT2D eigenvalue weighted by Gasteiger charge is -2.22. The van der Waals surface area contributed by atoms with Gasteiger partial charge in [0.25, 0.3) is 0 Å². The van der Waals surface area contributed by atoms with Crippen LogP contribution in [0, 0.1) is 0 Å². The van der Waals surface area contributed by atoms with Gasteiger partial charge in [-0.25, -0.2) is 4.79 Å². The van der Waals surface area contributed by atoms with Crippen molar-refractivity contribution in [1.82, 2.24) is 0 Å². The van der Waals surface area contributed by atoms with Gasteiger partial charge in [-0.1, -0.05) is 0 Å². The van der Waals surface area contributed by atoms with Crippen LogP contribution in [0.5, 0.6) is 5.75 Å². The van der Waals surface area contributed by atoms with Crippen LogP contribution in [0.4, 0.5) is 5.69 Å². The van der Waals surface area contributed by atoms with Gasteiger partial charge in [0.1, 0.15) is 11.9 Å². The van der Waals surface area contributed by atoms with Crippen molar-refractivity contribution in [1.29, 1.82) is 0 Å². The molecule has 1 aliphatic rings. The van der Waals surface area contributed by atoms with Crippen LogP contribution in [-0.4, -0.2) is 23.7 Å². The summed E-state index contributed by atoms with van der Waals surface area (Å²) in [5.74, 6) is 3.15. The van der Waals surface area contributed by atoms with Crippen molar-refractivity contribution < 1.29 is 9.53 Å². The number of thioether (sulfide) groups is 1. The second kappa shape index (κ2) is 5.73. The number of hydrogen-bond acceptors (Lipinski definition) is 4. The van der Waals surface area contributed by atoms with Crippen molar-refractivity contribution in [2.45, 2.75) is 18.9 Å². The van der Waals surface area contributed by atoms with Gasteiger partial charge in [0.05, 0.1) is 5.69 Å². The van der Waals surface area contributed by atoms with Crippen molar-refractivity contribution in [3.8, 4) is 5.75 Å². The summed E-state index contributed by atoms with van der Waals surface area (Å²) in [7, 11) is 0. The van der Waals surface area contributed by atoms with Gasteiger partial charge < -0.3 is 4.74 Å². The molecule has 1 atom stereocenters. The molecule has 1 aliphatic heterocycles. The first-order valence-electron chi connectivity index (χ1n) is 5.31. The average Bonchev–Trinajstić information content (AvgIpc) is 2.33. The van der Waals surface area contributed by atoms with Gasteiger partial charge in [-0.3, -0.25) is 0 Å². The fraction of sp³-hybridized carbons (Fsp3) is 0.417. The number of nitrogens with zero attached hydrogens (tertiary/aromatic N) is 1. The van der Waals surface area contributed by atoms with Gasteiger partial charge in [-0.2, -0.15) is 16.8 Å². The number of benzene rings is 1. The third-order valence-corrected chi connectivity index (χ3v) is 3.62. The molecular weight excluding hydrogens is 222 g/mol. The predicted octanol–water partition coefficient (Wildman–Crippen LogP) is 2.93. The Hall–Kier alpha value is -1.25. The zero-order chi connectivity index (χ0) is 11.2. The summed E-state index contributed by atoms with van der Waals surface area (Å²) in [6, 6.07) is 7.21. The van der Waals surface area contributed by atoms with E-state index >= 15 is 0 Å². The maximum atomic E-state index is 10.1. The first-order chi connectivity index (χ1) is 7.88. The van der Waals surface area contributed by atoms with E-state index in [0.29, 0.717) is 11.8 Å². The molecule has 1 aromatic carbocycles. The molecule has 1 heterocycles. The highest BCUT2D eigenvalue weighted by Crippen LogP contribution is 2.24. The number of aliphatic imine (C=N–C) groups is 1. The van der Waals surface area contributed by atoms with E-state index in [9.17, 15) is 4.79 Å². The summed E-state index contributed by atoms with van der Waals surface area (Å²) in [4.78, 5) is 13.6. The normalized spacial score (nSPS) is 19.9. The molecule has 0 N–H and O–H groups in total. The largest absolute Gasteiger partial charge is 0.490 e. The molecule has 0 saturated carbocycles. The van der Waals surface area contributed by atoms with Gasteiger partial charge in [-0.15, -0.1) is 0 Å². The highest BCUT2D eigenvalue weighted by Gasteiger charge is 2.14. The van der Waals surface area contributed by atoms with Gasteiger partial charge in [-0.05, 0) is 42.9 Å². The van der Waals surface area contributed by atoms with Crippen LogP contribution in [0.1, 0.15) is 12.8 Å². The molecule has 2 rings (SSSR count). The highest BCUT2D eigenvalue weighted by molar-refractivity contribution is 7.99. The first kappa shape index (κ1) is 11.2. The molecular formula is C12H13NO2S. The SMILES string of the molecule is O=C=Nc1ccc(OC2CCCSC2)cc1. The maximum absolute atomic E-state index is 10.1. The minimum absolute atomic E-state index is 0.319. The lowest BCUT2D eigenvalue weighted by molar-refractivity contribution is 0.211. The third-order valence-electron chi connectivity index (χ3n) is 2.43. The van der Waals surface area contributed by atoms with Gasteiger partial charge >= 0.3 is 0 Å². The number of isocyanates is 1. The lowest BCUT2D eigenvalue weighted by atomic mass is 10.2. The van der Waals surface area contributed by atoms with E-state index in [4.69, 9.17) is 4.74 Å². The Morgan fingerprint density at radius 3 is 2.81 bits per heavy atom. The Bertz CT molecular complexity index is 379. The number of carbonyl (C=O) groups excluding carboxylic acids is 1. The molecule has 1 unspecified atom stereocenters. The molecule has 4 heteroatoms. The van der Waals surface area contributed by atoms with Crippen molar-refractivity contribution in [2.24, 2.45) is 4.99 Å². The fourth-order valence-electron chi connectivity index (χ4n) is 1.65. The highest BCUT2D eigenvalue weighted by atomic mass is 32.2. The molecule has 0 aliphatic carbocycles. The van der Waals surface area contributed by atoms with E-state index < -0.39 is 0 Å². The van der Waals surface area contributed by atoms with Crippen molar-refractivity contribution in [3.05, 3.63) is 24.3 Å². The zero-order valence-corrected chi connectivity index (χ0v) is 9.70. The molecule has 16 heavy (non-hydrogen) atoms. The summed E-state index contributed by atoms with van der Waals surface area (Å²) in [6.45, 7) is 0. The van der Waals surface area contributed by atoms with Gasteiger partial charge in [0.15, 0.2) is 0 Å². The Morgan fingerprint density at radius 2 is 2.19 bits per heavy atom. The van der Waals surface area contributed by atoms with Crippen LogP contribution in [0.2, 0.25) is 0 Å². The zero-order valence-electron chi connectivity index (χ0n) is 8.89. The molecule has 1 fully saturated rings. The second-order valence-electron chi connectivity index (χ2n) is 3.65. The Balaban J connectivity index is 1.96. The van der Waals surface area contributed by atoms with Crippen LogP contribution in [-0.2, 0) is 4.79 Å². The number of rotatable bonds is 3. The van der Waals surface area contributed by atoms with E-state index in [-0.39, 0.29) is 0 Å². The quantitative estimate of drug-likeness (QED) is 0.597. The predicted molar refractivity (Wildman–Crippen MR) is 65.2 cm³/mol. The summed E-state index contributed by atoms with van der Waals surface area (Å²) in [6.07, 6.45) is 4.19. The molecule has 3 nitrogen and oxygen atoms in total. The van der Waals surface area contributed by atoms with Crippen LogP contribution >= 0.6 is 11.8 Å². The molecule has 1 saturated heterocycles. The standard InChI is InChI=1S/C12H13NO2S/c14-9-13-10-3-5-11(6-4-10)15-12-2-1-7-16-8-12/h3-6,12H,1-2,7-8H2. The summed E-state index contributed by atoms with van der Waals surface area (Å²) < 4.78 is 5.83. The summed E-state index contributed by atoms with van der Waals surface area (Å²) in [5, 5.41) is 0. The molecule has 0 radical (unpaired) electrons. The second-order valence-corrected chi connectivity index (χ2v) is 4.80. The van der Waals surface area contributed by atoms with E-state index in [1.165, 1.54) is 18.3 Å². The molecule has 84 valence electrons. The van der Waals surface area contributed by atoms with E-state index in [1.807, 2.05) is 23.9 Å². The number of hydrogen-bond donors (Lipinski definition) is 0. The van der Waals surface area contributed by atoms with Crippen molar-refractivity contribution in [2.75, 3.05) is 11.5 Å². The van der Waals surface area contributed by atoms with Crippen LogP contribution in [0.25, 0.3) is 0 Å². The fourth-order valence-corrected chi connectivity index (χ4v) is 2.68. The monoisotopic (exact) mass is 235 g/mol. The molecule has 0 aromatic heterocycles. The van der Waals surface area contributed by atoms with Crippen LogP contribution < -0.4 is 4.74 Å². The van der Waals surface area contributed by atoms with Crippen LogP contribution in [0.3, 0.4) is 0 Å². The average molecular weight is 235 g/mol. The van der Waals surface area contributed by atoms with E-state index in [1.54, 1.807) is 12.1 Å². The first-order valence-corrected chi connectivity index (χ1v) is 6.46. The third kappa shape index (κ3) is 3.12. The van der Waals surface area contributed by atoms with Crippen molar-refractivity contribution in [3.63, 3.8) is 0 Å². The topological polar surface area (TPSA) is 38.7 Å². The van der Waals surface area contributed by atoms with E-state index in [2.05, 4.69) is 4.99 Å². The molecule has 0 amide bonds.